The molecule has 2 aromatic carbocycles. The van der Waals surface area contributed by atoms with Gasteiger partial charge in [0.05, 0.1) is 31.3 Å². The predicted molar refractivity (Wildman–Crippen MR) is 107 cm³/mol. The van der Waals surface area contributed by atoms with Crippen LogP contribution in [0.5, 0.6) is 11.5 Å². The standard InChI is InChI=1S/C21H23NO7S/c1-27-13-3-6-16(7-4-13)30(25,26)22-19(21(23)24)18-11-15-10-12-9-14(28-2)5-8-17(12)20(18)29-15/h3-9,15,18-20,22H,10-11H2,1-2H3,(H,23,24). The molecule has 0 radical (unpaired) electrons. The fourth-order valence-electron chi connectivity index (χ4n) is 4.26. The lowest BCUT2D eigenvalue weighted by Gasteiger charge is -2.28. The highest BCUT2D eigenvalue weighted by atomic mass is 32.2. The molecule has 4 unspecified atom stereocenters. The summed E-state index contributed by atoms with van der Waals surface area (Å²) in [5.41, 5.74) is 1.92. The molecule has 1 fully saturated rings. The number of ether oxygens (including phenoxy) is 3. The van der Waals surface area contributed by atoms with Crippen molar-refractivity contribution in [1.29, 1.82) is 0 Å². The summed E-state index contributed by atoms with van der Waals surface area (Å²) in [5, 5.41) is 9.85. The lowest BCUT2D eigenvalue weighted by Crippen LogP contribution is -2.46. The molecule has 2 bridgehead atoms. The van der Waals surface area contributed by atoms with Gasteiger partial charge in [0.1, 0.15) is 17.5 Å². The molecule has 2 aromatic rings. The maximum Gasteiger partial charge on any atom is 0.322 e. The van der Waals surface area contributed by atoms with Crippen LogP contribution in [-0.2, 0) is 26.0 Å². The number of methoxy groups -OCH3 is 2. The summed E-state index contributed by atoms with van der Waals surface area (Å²) in [6.45, 7) is 0. The molecule has 1 saturated heterocycles. The Hall–Kier alpha value is -2.62. The number of hydrogen-bond acceptors (Lipinski definition) is 6. The van der Waals surface area contributed by atoms with Gasteiger partial charge in [0.2, 0.25) is 10.0 Å². The van der Waals surface area contributed by atoms with E-state index in [0.29, 0.717) is 18.6 Å². The first-order chi connectivity index (χ1) is 14.3. The van der Waals surface area contributed by atoms with Crippen LogP contribution < -0.4 is 14.2 Å². The van der Waals surface area contributed by atoms with Gasteiger partial charge in [0, 0.05) is 5.92 Å². The van der Waals surface area contributed by atoms with Crippen LogP contribution in [0.1, 0.15) is 23.7 Å². The van der Waals surface area contributed by atoms with E-state index >= 15 is 0 Å². The second kappa shape index (κ2) is 7.90. The summed E-state index contributed by atoms with van der Waals surface area (Å²) in [4.78, 5) is 12.0. The van der Waals surface area contributed by atoms with Gasteiger partial charge < -0.3 is 19.3 Å². The van der Waals surface area contributed by atoms with E-state index in [1.807, 2.05) is 12.1 Å². The SMILES string of the molecule is COc1ccc(S(=O)(=O)NC(C(=O)O)C2CC3Cc4cc(OC)ccc4C2O3)cc1. The molecule has 0 aromatic heterocycles. The Balaban J connectivity index is 1.62. The van der Waals surface area contributed by atoms with E-state index in [1.54, 1.807) is 13.2 Å². The minimum Gasteiger partial charge on any atom is -0.497 e. The Kier molecular flexibility index (Phi) is 5.44. The second-order valence-electron chi connectivity index (χ2n) is 7.46. The van der Waals surface area contributed by atoms with Crippen molar-refractivity contribution in [3.8, 4) is 11.5 Å². The Morgan fingerprint density at radius 3 is 2.43 bits per heavy atom. The lowest BCUT2D eigenvalue weighted by molar-refractivity contribution is -0.141. The van der Waals surface area contributed by atoms with Crippen LogP contribution in [0.25, 0.3) is 0 Å². The monoisotopic (exact) mass is 433 g/mol. The van der Waals surface area contributed by atoms with Crippen molar-refractivity contribution in [1.82, 2.24) is 4.72 Å². The first-order valence-corrected chi connectivity index (χ1v) is 11.0. The molecule has 30 heavy (non-hydrogen) atoms. The third-order valence-corrected chi connectivity index (χ3v) is 7.17. The Bertz CT molecular complexity index is 1050. The first-order valence-electron chi connectivity index (χ1n) is 9.54. The molecule has 4 atom stereocenters. The minimum atomic E-state index is -4.05. The molecule has 0 spiro atoms. The largest absolute Gasteiger partial charge is 0.497 e. The van der Waals surface area contributed by atoms with Crippen LogP contribution in [-0.4, -0.2) is 45.9 Å². The molecular weight excluding hydrogens is 410 g/mol. The number of carboxylic acids is 1. The van der Waals surface area contributed by atoms with Crippen molar-refractivity contribution in [3.05, 3.63) is 53.6 Å². The summed E-state index contributed by atoms with van der Waals surface area (Å²) < 4.78 is 44.4. The van der Waals surface area contributed by atoms with Gasteiger partial charge in [0.15, 0.2) is 0 Å². The number of benzene rings is 2. The van der Waals surface area contributed by atoms with Crippen LogP contribution in [0.3, 0.4) is 0 Å². The topological polar surface area (TPSA) is 111 Å². The van der Waals surface area contributed by atoms with Crippen molar-refractivity contribution < 1.29 is 32.5 Å². The highest BCUT2D eigenvalue weighted by Gasteiger charge is 2.48. The molecular formula is C21H23NO7S. The van der Waals surface area contributed by atoms with Crippen molar-refractivity contribution in [2.45, 2.75) is 36.0 Å². The molecule has 2 aliphatic heterocycles. The van der Waals surface area contributed by atoms with Crippen LogP contribution in [0.15, 0.2) is 47.4 Å². The Morgan fingerprint density at radius 2 is 1.80 bits per heavy atom. The van der Waals surface area contributed by atoms with Gasteiger partial charge in [-0.15, -0.1) is 0 Å². The third-order valence-electron chi connectivity index (χ3n) is 5.71. The van der Waals surface area contributed by atoms with Gasteiger partial charge in [-0.05, 0) is 60.4 Å². The molecule has 9 heteroatoms. The van der Waals surface area contributed by atoms with Gasteiger partial charge in [0.25, 0.3) is 0 Å². The second-order valence-corrected chi connectivity index (χ2v) is 9.17. The number of carboxylic acid groups (broad SMARTS) is 1. The van der Waals surface area contributed by atoms with Gasteiger partial charge >= 0.3 is 5.97 Å². The van der Waals surface area contributed by atoms with Crippen molar-refractivity contribution in [3.63, 3.8) is 0 Å². The summed E-state index contributed by atoms with van der Waals surface area (Å²) in [7, 11) is -0.976. The zero-order chi connectivity index (χ0) is 21.5. The zero-order valence-electron chi connectivity index (χ0n) is 16.6. The molecule has 0 amide bonds. The highest BCUT2D eigenvalue weighted by molar-refractivity contribution is 7.89. The summed E-state index contributed by atoms with van der Waals surface area (Å²) in [6, 6.07) is 10.1. The number of hydrogen-bond donors (Lipinski definition) is 2. The molecule has 0 saturated carbocycles. The van der Waals surface area contributed by atoms with E-state index < -0.39 is 34.1 Å². The quantitative estimate of drug-likeness (QED) is 0.688. The average molecular weight is 433 g/mol. The number of sulfonamides is 1. The van der Waals surface area contributed by atoms with Crippen LogP contribution >= 0.6 is 0 Å². The number of carbonyl (C=O) groups is 1. The maximum atomic E-state index is 12.9. The molecule has 0 aliphatic carbocycles. The van der Waals surface area contributed by atoms with E-state index in [2.05, 4.69) is 4.72 Å². The van der Waals surface area contributed by atoms with E-state index in [9.17, 15) is 18.3 Å². The van der Waals surface area contributed by atoms with Crippen LogP contribution in [0, 0.1) is 5.92 Å². The Labute approximate surface area is 174 Å². The molecule has 160 valence electrons. The van der Waals surface area contributed by atoms with Gasteiger partial charge in [-0.25, -0.2) is 8.42 Å². The smallest absolute Gasteiger partial charge is 0.322 e. The fraction of sp³-hybridized carbons (Fsp3) is 0.381. The highest BCUT2D eigenvalue weighted by Crippen LogP contribution is 2.47. The predicted octanol–water partition coefficient (Wildman–Crippen LogP) is 2.14. The minimum absolute atomic E-state index is 0.0263. The van der Waals surface area contributed by atoms with E-state index in [-0.39, 0.29) is 11.0 Å². The normalized spacial score (nSPS) is 23.5. The van der Waals surface area contributed by atoms with Crippen molar-refractivity contribution in [2.75, 3.05) is 14.2 Å². The van der Waals surface area contributed by atoms with Gasteiger partial charge in [-0.1, -0.05) is 6.07 Å². The van der Waals surface area contributed by atoms with Crippen LogP contribution in [0.4, 0.5) is 0 Å². The molecule has 4 rings (SSSR count). The van der Waals surface area contributed by atoms with E-state index in [0.717, 1.165) is 16.9 Å². The third kappa shape index (κ3) is 3.76. The van der Waals surface area contributed by atoms with Gasteiger partial charge in [-0.3, -0.25) is 4.79 Å². The lowest BCUT2D eigenvalue weighted by atomic mass is 9.89. The Morgan fingerprint density at radius 1 is 1.13 bits per heavy atom. The summed E-state index contributed by atoms with van der Waals surface area (Å²) in [5.74, 6) is -0.534. The van der Waals surface area contributed by atoms with Gasteiger partial charge in [-0.2, -0.15) is 4.72 Å². The van der Waals surface area contributed by atoms with Crippen molar-refractivity contribution in [2.24, 2.45) is 5.92 Å². The molecule has 2 heterocycles. The molecule has 2 N–H and O–H groups in total. The number of aliphatic carboxylic acids is 1. The van der Waals surface area contributed by atoms with E-state index in [1.165, 1.54) is 31.4 Å². The number of fused-ring (bicyclic) bond motifs is 4. The first kappa shape index (κ1) is 20.6. The molecule has 8 nitrogen and oxygen atoms in total. The van der Waals surface area contributed by atoms with Crippen molar-refractivity contribution >= 4 is 16.0 Å². The number of nitrogens with one attached hydrogen (secondary N) is 1. The summed E-state index contributed by atoms with van der Waals surface area (Å²) in [6.07, 6.45) is 0.428. The van der Waals surface area contributed by atoms with Crippen LogP contribution in [0.2, 0.25) is 0 Å². The van der Waals surface area contributed by atoms with E-state index in [4.69, 9.17) is 14.2 Å². The average Bonchev–Trinajstić information content (AvgIpc) is 3.08. The number of rotatable bonds is 7. The molecule has 2 aliphatic rings. The zero-order valence-corrected chi connectivity index (χ0v) is 17.4. The fourth-order valence-corrected chi connectivity index (χ4v) is 5.50. The summed E-state index contributed by atoms with van der Waals surface area (Å²) >= 11 is 0. The maximum absolute atomic E-state index is 12.9.